The van der Waals surface area contributed by atoms with Crippen LogP contribution in [-0.2, 0) is 17.9 Å². The minimum atomic E-state index is -0.307. The summed E-state index contributed by atoms with van der Waals surface area (Å²) < 4.78 is 1.92. The van der Waals surface area contributed by atoms with Gasteiger partial charge in [0.1, 0.15) is 0 Å². The second-order valence-electron chi connectivity index (χ2n) is 7.77. The number of carbonyl (C=O) groups excluding carboxylic acids is 3. The predicted octanol–water partition coefficient (Wildman–Crippen LogP) is 1.62. The molecule has 0 spiro atoms. The number of imide groups is 1. The summed E-state index contributed by atoms with van der Waals surface area (Å²) in [6.45, 7) is 6.96. The van der Waals surface area contributed by atoms with E-state index in [4.69, 9.17) is 0 Å². The van der Waals surface area contributed by atoms with Gasteiger partial charge in [0.2, 0.25) is 5.91 Å². The van der Waals surface area contributed by atoms with Crippen LogP contribution in [0, 0.1) is 0 Å². The van der Waals surface area contributed by atoms with Crippen LogP contribution in [0.4, 0.5) is 0 Å². The van der Waals surface area contributed by atoms with Crippen molar-refractivity contribution in [3.05, 3.63) is 53.3 Å². The summed E-state index contributed by atoms with van der Waals surface area (Å²) in [5, 5.41) is 4.32. The van der Waals surface area contributed by atoms with Crippen molar-refractivity contribution in [2.45, 2.75) is 32.9 Å². The smallest absolute Gasteiger partial charge is 0.261 e. The molecule has 1 aromatic carbocycles. The van der Waals surface area contributed by atoms with Crippen molar-refractivity contribution in [2.75, 3.05) is 32.7 Å². The van der Waals surface area contributed by atoms with E-state index in [1.54, 1.807) is 24.3 Å². The fourth-order valence-corrected chi connectivity index (χ4v) is 4.11. The highest BCUT2D eigenvalue weighted by Crippen LogP contribution is 2.22. The lowest BCUT2D eigenvalue weighted by Gasteiger charge is -2.22. The minimum Gasteiger partial charge on any atom is -0.341 e. The molecule has 2 aliphatic heterocycles. The first-order chi connectivity index (χ1) is 14.6. The van der Waals surface area contributed by atoms with Crippen molar-refractivity contribution in [1.29, 1.82) is 0 Å². The second-order valence-corrected chi connectivity index (χ2v) is 7.77. The molecule has 0 atom stereocenters. The van der Waals surface area contributed by atoms with E-state index in [-0.39, 0.29) is 30.7 Å². The van der Waals surface area contributed by atoms with Crippen LogP contribution in [0.3, 0.4) is 0 Å². The molecular weight excluding hydrogens is 382 g/mol. The van der Waals surface area contributed by atoms with Crippen LogP contribution < -0.4 is 0 Å². The number of fused-ring (bicyclic) bond motifs is 1. The lowest BCUT2D eigenvalue weighted by molar-refractivity contribution is -0.131. The molecule has 8 nitrogen and oxygen atoms in total. The number of nitrogens with zero attached hydrogens (tertiary/aromatic N) is 5. The van der Waals surface area contributed by atoms with Crippen molar-refractivity contribution in [2.24, 2.45) is 0 Å². The number of amides is 3. The maximum Gasteiger partial charge on any atom is 0.261 e. The fourth-order valence-electron chi connectivity index (χ4n) is 4.11. The Bertz CT molecular complexity index is 919. The third-order valence-electron chi connectivity index (χ3n) is 5.79. The van der Waals surface area contributed by atoms with Gasteiger partial charge in [0, 0.05) is 64.0 Å². The quantitative estimate of drug-likeness (QED) is 0.678. The molecule has 1 aromatic heterocycles. The number of aryl methyl sites for hydroxylation is 1. The monoisotopic (exact) mass is 409 g/mol. The number of aromatic nitrogens is 2. The average molecular weight is 409 g/mol. The molecule has 3 heterocycles. The molecule has 2 aromatic rings. The molecule has 0 saturated carbocycles. The molecule has 30 heavy (non-hydrogen) atoms. The number of hydrogen-bond donors (Lipinski definition) is 0. The van der Waals surface area contributed by atoms with Crippen LogP contribution >= 0.6 is 0 Å². The average Bonchev–Trinajstić information content (AvgIpc) is 3.21. The first-order valence-electron chi connectivity index (χ1n) is 10.5. The summed E-state index contributed by atoms with van der Waals surface area (Å²) >= 11 is 0. The Morgan fingerprint density at radius 1 is 1.03 bits per heavy atom. The van der Waals surface area contributed by atoms with Crippen LogP contribution in [0.25, 0.3) is 0 Å². The predicted molar refractivity (Wildman–Crippen MR) is 111 cm³/mol. The Morgan fingerprint density at radius 2 is 1.77 bits per heavy atom. The van der Waals surface area contributed by atoms with E-state index >= 15 is 0 Å². The Morgan fingerprint density at radius 3 is 2.43 bits per heavy atom. The summed E-state index contributed by atoms with van der Waals surface area (Å²) in [5.41, 5.74) is 2.03. The highest BCUT2D eigenvalue weighted by atomic mass is 16.2. The summed E-state index contributed by atoms with van der Waals surface area (Å²) in [6.07, 6.45) is 5.03. The molecule has 2 aliphatic rings. The lowest BCUT2D eigenvalue weighted by atomic mass is 10.1. The zero-order chi connectivity index (χ0) is 21.1. The van der Waals surface area contributed by atoms with Gasteiger partial charge in [-0.1, -0.05) is 12.1 Å². The van der Waals surface area contributed by atoms with Crippen molar-refractivity contribution in [1.82, 2.24) is 24.5 Å². The summed E-state index contributed by atoms with van der Waals surface area (Å²) in [6, 6.07) is 6.81. The van der Waals surface area contributed by atoms with E-state index in [9.17, 15) is 14.4 Å². The van der Waals surface area contributed by atoms with E-state index in [2.05, 4.69) is 23.1 Å². The van der Waals surface area contributed by atoms with Gasteiger partial charge in [-0.3, -0.25) is 28.9 Å². The van der Waals surface area contributed by atoms with Crippen LogP contribution in [0.15, 0.2) is 36.7 Å². The summed E-state index contributed by atoms with van der Waals surface area (Å²) in [7, 11) is 0. The third-order valence-corrected chi connectivity index (χ3v) is 5.79. The summed E-state index contributed by atoms with van der Waals surface area (Å²) in [4.78, 5) is 43.1. The van der Waals surface area contributed by atoms with E-state index in [0.717, 1.165) is 32.6 Å². The van der Waals surface area contributed by atoms with Gasteiger partial charge < -0.3 is 4.90 Å². The van der Waals surface area contributed by atoms with E-state index in [1.165, 1.54) is 10.5 Å². The molecule has 0 N–H and O–H groups in total. The standard InChI is InChI=1S/C22H27N5O3/c1-2-26-16-17(14-23-26)15-24-9-5-10-25(13-12-24)20(28)8-11-27-21(29)18-6-3-4-7-19(18)22(27)30/h3-4,6-7,14,16H,2,5,8-13,15H2,1H3. The molecule has 1 fully saturated rings. The van der Waals surface area contributed by atoms with Crippen molar-refractivity contribution < 1.29 is 14.4 Å². The van der Waals surface area contributed by atoms with Crippen molar-refractivity contribution in [3.8, 4) is 0 Å². The molecule has 0 bridgehead atoms. The van der Waals surface area contributed by atoms with E-state index < -0.39 is 0 Å². The van der Waals surface area contributed by atoms with Gasteiger partial charge in [-0.15, -0.1) is 0 Å². The van der Waals surface area contributed by atoms with Crippen molar-refractivity contribution >= 4 is 17.7 Å². The van der Waals surface area contributed by atoms with Gasteiger partial charge in [-0.2, -0.15) is 5.10 Å². The first kappa shape index (κ1) is 20.3. The third kappa shape index (κ3) is 4.14. The van der Waals surface area contributed by atoms with Crippen LogP contribution in [0.1, 0.15) is 46.0 Å². The van der Waals surface area contributed by atoms with Gasteiger partial charge in [-0.25, -0.2) is 0 Å². The Balaban J connectivity index is 1.28. The topological polar surface area (TPSA) is 78.8 Å². The highest BCUT2D eigenvalue weighted by Gasteiger charge is 2.35. The molecule has 1 saturated heterocycles. The molecule has 8 heteroatoms. The Labute approximate surface area is 176 Å². The first-order valence-corrected chi connectivity index (χ1v) is 10.5. The number of carbonyl (C=O) groups is 3. The van der Waals surface area contributed by atoms with Crippen LogP contribution in [0.2, 0.25) is 0 Å². The number of benzene rings is 1. The molecule has 0 radical (unpaired) electrons. The van der Waals surface area contributed by atoms with E-state index in [1.807, 2.05) is 15.8 Å². The molecule has 0 aliphatic carbocycles. The van der Waals surface area contributed by atoms with Gasteiger partial charge in [0.25, 0.3) is 11.8 Å². The van der Waals surface area contributed by atoms with E-state index in [0.29, 0.717) is 24.2 Å². The highest BCUT2D eigenvalue weighted by molar-refractivity contribution is 6.21. The largest absolute Gasteiger partial charge is 0.341 e. The molecular formula is C22H27N5O3. The normalized spacial score (nSPS) is 17.4. The van der Waals surface area contributed by atoms with Crippen LogP contribution in [-0.4, -0.2) is 74.9 Å². The second kappa shape index (κ2) is 8.79. The van der Waals surface area contributed by atoms with Gasteiger partial charge >= 0.3 is 0 Å². The Hall–Kier alpha value is -3.00. The zero-order valence-electron chi connectivity index (χ0n) is 17.3. The van der Waals surface area contributed by atoms with Crippen LogP contribution in [0.5, 0.6) is 0 Å². The molecule has 3 amide bonds. The molecule has 4 rings (SSSR count). The summed E-state index contributed by atoms with van der Waals surface area (Å²) in [5.74, 6) is -0.622. The minimum absolute atomic E-state index is 0.00721. The van der Waals surface area contributed by atoms with Gasteiger partial charge in [0.05, 0.1) is 17.3 Å². The maximum atomic E-state index is 12.7. The molecule has 158 valence electrons. The Kier molecular flexibility index (Phi) is 5.94. The maximum absolute atomic E-state index is 12.7. The molecule has 0 unspecified atom stereocenters. The van der Waals surface area contributed by atoms with Gasteiger partial charge in [-0.05, 0) is 25.5 Å². The lowest BCUT2D eigenvalue weighted by Crippen LogP contribution is -2.38. The number of rotatable bonds is 6. The van der Waals surface area contributed by atoms with Crippen molar-refractivity contribution in [3.63, 3.8) is 0 Å². The fraction of sp³-hybridized carbons (Fsp3) is 0.455. The number of hydrogen-bond acceptors (Lipinski definition) is 5. The van der Waals surface area contributed by atoms with Gasteiger partial charge in [0.15, 0.2) is 0 Å². The zero-order valence-corrected chi connectivity index (χ0v) is 17.3. The SMILES string of the molecule is CCn1cc(CN2CCCN(C(=O)CCN3C(=O)c4ccccc4C3=O)CC2)cn1.